The smallest absolute Gasteiger partial charge is 0.321 e. The van der Waals surface area contributed by atoms with Gasteiger partial charge in [0.1, 0.15) is 6.04 Å². The molecule has 0 radical (unpaired) electrons. The largest absolute Gasteiger partial charge is 0.480 e. The van der Waals surface area contributed by atoms with E-state index in [-0.39, 0.29) is 6.54 Å². The molecule has 0 aliphatic heterocycles. The molecule has 0 aliphatic carbocycles. The van der Waals surface area contributed by atoms with Gasteiger partial charge in [-0.05, 0) is 11.6 Å². The molecule has 1 aromatic heterocycles. The summed E-state index contributed by atoms with van der Waals surface area (Å²) in [6, 6.07) is 1.95. The van der Waals surface area contributed by atoms with Gasteiger partial charge in [0.05, 0.1) is 0 Å². The number of carboxylic acids is 1. The van der Waals surface area contributed by atoms with E-state index in [2.05, 4.69) is 4.98 Å². The van der Waals surface area contributed by atoms with E-state index in [1.54, 1.807) is 12.1 Å². The standard InChI is InChI=1S/C9H14N4O4S/c10-8(9(14)15)6-13(18(11,16)17)5-7-2-1-3-12-4-7/h1-4,8H,5-6,10H2,(H,14,15)(H2,11,16,17). The maximum atomic E-state index is 11.3. The van der Waals surface area contributed by atoms with Crippen molar-refractivity contribution >= 4 is 16.2 Å². The third-order valence-corrected chi connectivity index (χ3v) is 3.16. The average Bonchev–Trinajstić information content (AvgIpc) is 2.28. The topological polar surface area (TPSA) is 140 Å². The minimum atomic E-state index is -4.03. The Bertz CT molecular complexity index is 505. The van der Waals surface area contributed by atoms with Crippen LogP contribution in [0.15, 0.2) is 24.5 Å². The molecule has 0 saturated heterocycles. The summed E-state index contributed by atoms with van der Waals surface area (Å²) in [6.45, 7) is -0.475. The Morgan fingerprint density at radius 1 is 1.56 bits per heavy atom. The molecule has 1 rings (SSSR count). The van der Waals surface area contributed by atoms with E-state index in [4.69, 9.17) is 16.0 Å². The van der Waals surface area contributed by atoms with E-state index in [0.717, 1.165) is 4.31 Å². The molecule has 0 saturated carbocycles. The van der Waals surface area contributed by atoms with Crippen LogP contribution in [0.4, 0.5) is 0 Å². The van der Waals surface area contributed by atoms with Crippen LogP contribution >= 0.6 is 0 Å². The first kappa shape index (κ1) is 14.5. The summed E-state index contributed by atoms with van der Waals surface area (Å²) in [4.78, 5) is 14.4. The molecule has 100 valence electrons. The van der Waals surface area contributed by atoms with Crippen molar-refractivity contribution in [2.75, 3.05) is 6.54 Å². The van der Waals surface area contributed by atoms with Gasteiger partial charge in [-0.25, -0.2) is 5.14 Å². The number of rotatable bonds is 6. The number of hydrogen-bond donors (Lipinski definition) is 3. The number of carboxylic acid groups (broad SMARTS) is 1. The molecule has 0 amide bonds. The maximum absolute atomic E-state index is 11.3. The summed E-state index contributed by atoms with van der Waals surface area (Å²) in [5.41, 5.74) is 5.88. The summed E-state index contributed by atoms with van der Waals surface area (Å²) in [7, 11) is -4.03. The van der Waals surface area contributed by atoms with Crippen LogP contribution in [0.5, 0.6) is 0 Å². The van der Waals surface area contributed by atoms with Gasteiger partial charge in [0, 0.05) is 25.5 Å². The first-order valence-electron chi connectivity index (χ1n) is 4.96. The number of aliphatic carboxylic acids is 1. The highest BCUT2D eigenvalue weighted by Gasteiger charge is 2.24. The van der Waals surface area contributed by atoms with Crippen molar-refractivity contribution in [3.05, 3.63) is 30.1 Å². The third-order valence-electron chi connectivity index (χ3n) is 2.16. The number of aromatic nitrogens is 1. The Morgan fingerprint density at radius 3 is 2.67 bits per heavy atom. The van der Waals surface area contributed by atoms with E-state index in [9.17, 15) is 13.2 Å². The number of carbonyl (C=O) groups is 1. The van der Waals surface area contributed by atoms with Crippen LogP contribution in [0, 0.1) is 0 Å². The summed E-state index contributed by atoms with van der Waals surface area (Å²) >= 11 is 0. The highest BCUT2D eigenvalue weighted by atomic mass is 32.2. The molecule has 1 heterocycles. The first-order valence-corrected chi connectivity index (χ1v) is 6.46. The molecule has 9 heteroatoms. The summed E-state index contributed by atoms with van der Waals surface area (Å²) in [5, 5.41) is 13.7. The van der Waals surface area contributed by atoms with E-state index in [1.807, 2.05) is 0 Å². The SMILES string of the molecule is NC(CN(Cc1cccnc1)S(N)(=O)=O)C(=O)O. The van der Waals surface area contributed by atoms with Gasteiger partial charge < -0.3 is 10.8 Å². The fourth-order valence-corrected chi connectivity index (χ4v) is 1.95. The monoisotopic (exact) mass is 274 g/mol. The van der Waals surface area contributed by atoms with Crippen LogP contribution in [-0.2, 0) is 21.5 Å². The maximum Gasteiger partial charge on any atom is 0.321 e. The summed E-state index contributed by atoms with van der Waals surface area (Å²) < 4.78 is 23.5. The van der Waals surface area contributed by atoms with Gasteiger partial charge in [-0.3, -0.25) is 9.78 Å². The highest BCUT2D eigenvalue weighted by Crippen LogP contribution is 2.06. The van der Waals surface area contributed by atoms with Crippen molar-refractivity contribution in [1.82, 2.24) is 9.29 Å². The number of nitrogens with two attached hydrogens (primary N) is 2. The molecule has 18 heavy (non-hydrogen) atoms. The molecule has 0 bridgehead atoms. The third kappa shape index (κ3) is 4.37. The minimum Gasteiger partial charge on any atom is -0.480 e. The summed E-state index contributed by atoms with van der Waals surface area (Å²) in [6.07, 6.45) is 3.00. The molecule has 8 nitrogen and oxygen atoms in total. The molecule has 5 N–H and O–H groups in total. The molecule has 1 aromatic rings. The van der Waals surface area contributed by atoms with Crippen LogP contribution in [0.1, 0.15) is 5.56 Å². The van der Waals surface area contributed by atoms with Gasteiger partial charge in [-0.15, -0.1) is 0 Å². The zero-order valence-corrected chi connectivity index (χ0v) is 10.2. The predicted molar refractivity (Wildman–Crippen MR) is 63.4 cm³/mol. The lowest BCUT2D eigenvalue weighted by atomic mass is 10.2. The Labute approximate surface area is 104 Å². The Hall–Kier alpha value is -1.55. The van der Waals surface area contributed by atoms with E-state index >= 15 is 0 Å². The van der Waals surface area contributed by atoms with Gasteiger partial charge in [-0.1, -0.05) is 6.07 Å². The molecule has 0 fully saturated rings. The van der Waals surface area contributed by atoms with E-state index in [1.165, 1.54) is 12.4 Å². The van der Waals surface area contributed by atoms with Crippen molar-refractivity contribution in [2.45, 2.75) is 12.6 Å². The first-order chi connectivity index (χ1) is 8.30. The van der Waals surface area contributed by atoms with Crippen LogP contribution in [0.2, 0.25) is 0 Å². The second kappa shape index (κ2) is 5.87. The lowest BCUT2D eigenvalue weighted by Crippen LogP contribution is -2.47. The molecular formula is C9H14N4O4S. The van der Waals surface area contributed by atoms with Crippen LogP contribution in [-0.4, -0.2) is 41.4 Å². The zero-order chi connectivity index (χ0) is 13.8. The normalized spacial score (nSPS) is 13.5. The quantitative estimate of drug-likeness (QED) is 0.576. The molecule has 1 atom stereocenters. The summed E-state index contributed by atoms with van der Waals surface area (Å²) in [5.74, 6) is -1.30. The second-order valence-corrected chi connectivity index (χ2v) is 5.19. The van der Waals surface area contributed by atoms with Crippen LogP contribution in [0.3, 0.4) is 0 Å². The number of nitrogens with zero attached hydrogens (tertiary/aromatic N) is 2. The Morgan fingerprint density at radius 2 is 2.22 bits per heavy atom. The Balaban J connectivity index is 2.84. The fraction of sp³-hybridized carbons (Fsp3) is 0.333. The van der Waals surface area contributed by atoms with Crippen molar-refractivity contribution < 1.29 is 18.3 Å². The van der Waals surface area contributed by atoms with Gasteiger partial charge in [0.15, 0.2) is 0 Å². The van der Waals surface area contributed by atoms with Crippen LogP contribution < -0.4 is 10.9 Å². The van der Waals surface area contributed by atoms with Crippen molar-refractivity contribution in [3.8, 4) is 0 Å². The van der Waals surface area contributed by atoms with E-state index < -0.39 is 28.8 Å². The van der Waals surface area contributed by atoms with E-state index in [0.29, 0.717) is 5.56 Å². The molecule has 0 aromatic carbocycles. The molecule has 1 unspecified atom stereocenters. The predicted octanol–water partition coefficient (Wildman–Crippen LogP) is -1.50. The van der Waals surface area contributed by atoms with Crippen molar-refractivity contribution in [1.29, 1.82) is 0 Å². The Kier molecular flexibility index (Phi) is 4.73. The zero-order valence-electron chi connectivity index (χ0n) is 9.43. The van der Waals surface area contributed by atoms with Crippen LogP contribution in [0.25, 0.3) is 0 Å². The highest BCUT2D eigenvalue weighted by molar-refractivity contribution is 7.86. The molecular weight excluding hydrogens is 260 g/mol. The van der Waals surface area contributed by atoms with Crippen molar-refractivity contribution in [2.24, 2.45) is 10.9 Å². The molecule has 0 aliphatic rings. The average molecular weight is 274 g/mol. The number of pyridine rings is 1. The van der Waals surface area contributed by atoms with Gasteiger partial charge in [-0.2, -0.15) is 12.7 Å². The lowest BCUT2D eigenvalue weighted by Gasteiger charge is -2.21. The lowest BCUT2D eigenvalue weighted by molar-refractivity contribution is -0.138. The van der Waals surface area contributed by atoms with Crippen molar-refractivity contribution in [3.63, 3.8) is 0 Å². The number of hydrogen-bond acceptors (Lipinski definition) is 5. The fourth-order valence-electron chi connectivity index (χ4n) is 1.25. The minimum absolute atomic E-state index is 0.0757. The van der Waals surface area contributed by atoms with Gasteiger partial charge in [0.2, 0.25) is 0 Å². The van der Waals surface area contributed by atoms with Gasteiger partial charge >= 0.3 is 5.97 Å². The second-order valence-electron chi connectivity index (χ2n) is 3.64. The molecule has 0 spiro atoms. The van der Waals surface area contributed by atoms with Gasteiger partial charge in [0.25, 0.3) is 10.2 Å².